The Labute approximate surface area is 136 Å². The Morgan fingerprint density at radius 3 is 2.70 bits per heavy atom. The monoisotopic (exact) mass is 322 g/mol. The van der Waals surface area contributed by atoms with Crippen LogP contribution in [0.2, 0.25) is 0 Å². The fourth-order valence-corrected chi connectivity index (χ4v) is 3.06. The molecule has 1 aromatic heterocycles. The Balaban J connectivity index is 2.68. The maximum absolute atomic E-state index is 12.8. The van der Waals surface area contributed by atoms with Gasteiger partial charge in [0.25, 0.3) is 5.56 Å². The van der Waals surface area contributed by atoms with E-state index in [-0.39, 0.29) is 24.1 Å². The highest BCUT2D eigenvalue weighted by molar-refractivity contribution is 5.69. The minimum Gasteiger partial charge on any atom is -0.494 e. The van der Waals surface area contributed by atoms with Gasteiger partial charge in [0.15, 0.2) is 0 Å². The zero-order chi connectivity index (χ0) is 17.0. The van der Waals surface area contributed by atoms with Crippen molar-refractivity contribution in [1.82, 2.24) is 9.13 Å². The number of rotatable bonds is 7. The topological polar surface area (TPSA) is 73.5 Å². The summed E-state index contributed by atoms with van der Waals surface area (Å²) in [5, 5.41) is 10.6. The average Bonchev–Trinajstić information content (AvgIpc) is 3.01. The molecule has 1 atom stereocenters. The van der Waals surface area contributed by atoms with Gasteiger partial charge < -0.3 is 9.84 Å². The van der Waals surface area contributed by atoms with Gasteiger partial charge in [0.05, 0.1) is 12.6 Å². The molecule has 128 valence electrons. The third-order valence-corrected chi connectivity index (χ3v) is 4.29. The van der Waals surface area contributed by atoms with Crippen LogP contribution in [-0.4, -0.2) is 28.0 Å². The van der Waals surface area contributed by atoms with Crippen LogP contribution >= 0.6 is 0 Å². The van der Waals surface area contributed by atoms with Gasteiger partial charge in [-0.1, -0.05) is 19.4 Å². The number of unbranched alkanes of at least 4 members (excludes halogenated alkanes) is 1. The van der Waals surface area contributed by atoms with Crippen molar-refractivity contribution in [3.05, 3.63) is 32.5 Å². The van der Waals surface area contributed by atoms with Crippen molar-refractivity contribution in [3.8, 4) is 5.88 Å². The molecule has 0 saturated heterocycles. The zero-order valence-corrected chi connectivity index (χ0v) is 14.2. The summed E-state index contributed by atoms with van der Waals surface area (Å²) >= 11 is 0. The molecule has 0 fully saturated rings. The zero-order valence-electron chi connectivity index (χ0n) is 14.2. The van der Waals surface area contributed by atoms with Crippen molar-refractivity contribution in [2.75, 3.05) is 13.7 Å². The van der Waals surface area contributed by atoms with E-state index in [0.717, 1.165) is 37.7 Å². The molecule has 23 heavy (non-hydrogen) atoms. The summed E-state index contributed by atoms with van der Waals surface area (Å²) in [5.41, 5.74) is 0.239. The van der Waals surface area contributed by atoms with Crippen LogP contribution in [0, 0.1) is 0 Å². The van der Waals surface area contributed by atoms with Gasteiger partial charge in [0, 0.05) is 13.7 Å². The smallest absolute Gasteiger partial charge is 0.334 e. The summed E-state index contributed by atoms with van der Waals surface area (Å²) in [6, 6.07) is -0.380. The lowest BCUT2D eigenvalue weighted by molar-refractivity contribution is 0.157. The van der Waals surface area contributed by atoms with E-state index < -0.39 is 11.2 Å². The first kappa shape index (κ1) is 17.5. The molecule has 0 saturated carbocycles. The lowest BCUT2D eigenvalue weighted by Gasteiger charge is -2.19. The quantitative estimate of drug-likeness (QED) is 0.836. The summed E-state index contributed by atoms with van der Waals surface area (Å²) < 4.78 is 7.64. The first-order chi connectivity index (χ1) is 11.0. The first-order valence-corrected chi connectivity index (χ1v) is 8.29. The lowest BCUT2D eigenvalue weighted by Crippen LogP contribution is -2.44. The second-order valence-electron chi connectivity index (χ2n) is 6.09. The molecule has 0 radical (unpaired) electrons. The van der Waals surface area contributed by atoms with Gasteiger partial charge in [-0.3, -0.25) is 13.9 Å². The van der Waals surface area contributed by atoms with Crippen LogP contribution in [-0.2, 0) is 11.3 Å². The minimum absolute atomic E-state index is 0.192. The molecular weight excluding hydrogens is 296 g/mol. The van der Waals surface area contributed by atoms with Gasteiger partial charge in [-0.15, -0.1) is 0 Å². The molecule has 0 spiro atoms. The van der Waals surface area contributed by atoms with Crippen LogP contribution in [0.5, 0.6) is 5.88 Å². The maximum atomic E-state index is 12.8. The number of aromatic hydroxyl groups is 1. The molecule has 2 rings (SSSR count). The van der Waals surface area contributed by atoms with Crippen molar-refractivity contribution in [1.29, 1.82) is 0 Å². The van der Waals surface area contributed by atoms with Gasteiger partial charge in [0.1, 0.15) is 5.56 Å². The number of nitrogens with zero attached hydrogens (tertiary/aromatic N) is 2. The average molecular weight is 322 g/mol. The number of ether oxygens (including phenoxy) is 1. The van der Waals surface area contributed by atoms with E-state index in [1.165, 1.54) is 16.2 Å². The fraction of sp³-hybridized carbons (Fsp3) is 0.647. The third kappa shape index (κ3) is 3.42. The summed E-state index contributed by atoms with van der Waals surface area (Å²) in [5.74, 6) is -0.192. The van der Waals surface area contributed by atoms with E-state index in [9.17, 15) is 14.7 Å². The summed E-state index contributed by atoms with van der Waals surface area (Å²) in [6.45, 7) is 4.47. The van der Waals surface area contributed by atoms with Crippen LogP contribution in [0.4, 0.5) is 0 Å². The van der Waals surface area contributed by atoms with Gasteiger partial charge in [0.2, 0.25) is 5.88 Å². The Bertz CT molecular complexity index is 700. The molecule has 0 aromatic carbocycles. The second kappa shape index (κ2) is 7.64. The molecule has 1 aromatic rings. The molecule has 1 unspecified atom stereocenters. The SMILES string of the molecule is CCCCn1c(O)c(C2=CCCC2)c(=O)n(C(C)COC)c1=O. The number of methoxy groups -OCH3 is 1. The molecule has 1 aliphatic carbocycles. The standard InChI is InChI=1S/C17H26N2O4/c1-4-5-10-18-15(20)14(13-8-6-7-9-13)16(21)19(17(18)22)12(2)11-23-3/h8,12,20H,4-7,9-11H2,1-3H3. The lowest BCUT2D eigenvalue weighted by atomic mass is 10.1. The number of allylic oxidation sites excluding steroid dienone is 2. The first-order valence-electron chi connectivity index (χ1n) is 8.29. The molecule has 0 bridgehead atoms. The van der Waals surface area contributed by atoms with E-state index in [4.69, 9.17) is 4.74 Å². The van der Waals surface area contributed by atoms with E-state index in [0.29, 0.717) is 6.54 Å². The summed E-state index contributed by atoms with van der Waals surface area (Å²) in [7, 11) is 1.54. The normalized spacial score (nSPS) is 15.7. The van der Waals surface area contributed by atoms with E-state index in [1.54, 1.807) is 6.92 Å². The van der Waals surface area contributed by atoms with Crippen LogP contribution < -0.4 is 11.2 Å². The Hall–Kier alpha value is -1.82. The van der Waals surface area contributed by atoms with Crippen molar-refractivity contribution in [2.24, 2.45) is 0 Å². The van der Waals surface area contributed by atoms with Crippen LogP contribution in [0.25, 0.3) is 5.57 Å². The number of hydrogen-bond donors (Lipinski definition) is 1. The Morgan fingerprint density at radius 2 is 2.13 bits per heavy atom. The number of aromatic nitrogens is 2. The highest BCUT2D eigenvalue weighted by Gasteiger charge is 2.24. The fourth-order valence-electron chi connectivity index (χ4n) is 3.06. The molecule has 1 heterocycles. The van der Waals surface area contributed by atoms with E-state index in [1.807, 2.05) is 13.0 Å². The number of hydrogen-bond acceptors (Lipinski definition) is 4. The van der Waals surface area contributed by atoms with Gasteiger partial charge >= 0.3 is 5.69 Å². The molecule has 1 N–H and O–H groups in total. The molecule has 1 aliphatic rings. The van der Waals surface area contributed by atoms with Crippen LogP contribution in [0.1, 0.15) is 57.6 Å². The predicted octanol–water partition coefficient (Wildman–Crippen LogP) is 2.29. The van der Waals surface area contributed by atoms with Crippen molar-refractivity contribution in [3.63, 3.8) is 0 Å². The van der Waals surface area contributed by atoms with Gasteiger partial charge in [-0.05, 0) is 38.2 Å². The van der Waals surface area contributed by atoms with Crippen molar-refractivity contribution in [2.45, 2.75) is 58.5 Å². The van der Waals surface area contributed by atoms with Gasteiger partial charge in [-0.25, -0.2) is 4.79 Å². The highest BCUT2D eigenvalue weighted by Crippen LogP contribution is 2.30. The van der Waals surface area contributed by atoms with Crippen molar-refractivity contribution >= 4 is 5.57 Å². The minimum atomic E-state index is -0.465. The van der Waals surface area contributed by atoms with Crippen molar-refractivity contribution < 1.29 is 9.84 Å². The molecule has 6 heteroatoms. The van der Waals surface area contributed by atoms with Crippen LogP contribution in [0.3, 0.4) is 0 Å². The summed E-state index contributed by atoms with van der Waals surface area (Å²) in [4.78, 5) is 25.5. The largest absolute Gasteiger partial charge is 0.494 e. The predicted molar refractivity (Wildman–Crippen MR) is 89.9 cm³/mol. The Kier molecular flexibility index (Phi) is 5.82. The molecular formula is C17H26N2O4. The highest BCUT2D eigenvalue weighted by atomic mass is 16.5. The molecule has 0 amide bonds. The maximum Gasteiger partial charge on any atom is 0.334 e. The molecule has 0 aliphatic heterocycles. The third-order valence-electron chi connectivity index (χ3n) is 4.29. The van der Waals surface area contributed by atoms with E-state index in [2.05, 4.69) is 0 Å². The molecule has 6 nitrogen and oxygen atoms in total. The van der Waals surface area contributed by atoms with Gasteiger partial charge in [-0.2, -0.15) is 0 Å². The van der Waals surface area contributed by atoms with Crippen LogP contribution in [0.15, 0.2) is 15.7 Å². The van der Waals surface area contributed by atoms with E-state index >= 15 is 0 Å². The Morgan fingerprint density at radius 1 is 1.39 bits per heavy atom. The second-order valence-corrected chi connectivity index (χ2v) is 6.09. The summed E-state index contributed by atoms with van der Waals surface area (Å²) in [6.07, 6.45) is 6.27.